The number of hydrogen-bond acceptors (Lipinski definition) is 16. The second kappa shape index (κ2) is 37.9. The van der Waals surface area contributed by atoms with E-state index in [0.29, 0.717) is 139 Å². The third-order valence-corrected chi connectivity index (χ3v) is 5.69. The summed E-state index contributed by atoms with van der Waals surface area (Å²) in [5, 5.41) is 8.44. The van der Waals surface area contributed by atoms with E-state index in [1.165, 1.54) is 0 Å². The first-order chi connectivity index (χ1) is 23.4. The molecule has 0 atom stereocenters. The number of esters is 1. The summed E-state index contributed by atoms with van der Waals surface area (Å²) < 4.78 is 64.5. The fourth-order valence-electron chi connectivity index (χ4n) is 3.16. The van der Waals surface area contributed by atoms with Crippen molar-refractivity contribution in [2.24, 2.45) is 0 Å². The zero-order valence-electron chi connectivity index (χ0n) is 28.9. The van der Waals surface area contributed by atoms with Gasteiger partial charge in [-0.05, 0) is 14.1 Å². The molecule has 0 aliphatic heterocycles. The van der Waals surface area contributed by atoms with Gasteiger partial charge >= 0.3 is 11.9 Å². The minimum absolute atomic E-state index is 0.0139. The summed E-state index contributed by atoms with van der Waals surface area (Å²) in [7, 11) is 4.02. The van der Waals surface area contributed by atoms with E-state index < -0.39 is 17.7 Å². The van der Waals surface area contributed by atoms with E-state index in [1.54, 1.807) is 0 Å². The second-order valence-electron chi connectivity index (χ2n) is 9.99. The maximum atomic E-state index is 11.4. The van der Waals surface area contributed by atoms with Crippen LogP contribution in [0.5, 0.6) is 0 Å². The van der Waals surface area contributed by atoms with E-state index in [2.05, 4.69) is 4.90 Å². The van der Waals surface area contributed by atoms with E-state index in [-0.39, 0.29) is 26.1 Å². The van der Waals surface area contributed by atoms with Crippen LogP contribution >= 0.6 is 0 Å². The topological polar surface area (TPSA) is 185 Å². The summed E-state index contributed by atoms with van der Waals surface area (Å²) in [5.41, 5.74) is 0. The third kappa shape index (κ3) is 38.6. The molecule has 0 aliphatic carbocycles. The van der Waals surface area contributed by atoms with Crippen molar-refractivity contribution in [3.05, 3.63) is 0 Å². The Balaban J connectivity index is 3.12. The van der Waals surface area contributed by atoms with Crippen molar-refractivity contribution in [1.82, 2.24) is 4.90 Å². The number of carbonyl (C=O) groups excluding carboxylic acids is 2. The number of Topliss-reactive ketones (excluding diaryl/α,β-unsaturated/α-hetero) is 1. The quantitative estimate of drug-likeness (QED) is 0.0499. The van der Waals surface area contributed by atoms with Crippen molar-refractivity contribution in [1.29, 1.82) is 0 Å². The number of carbonyl (C=O) groups is 3. The first-order valence-electron chi connectivity index (χ1n) is 16.3. The monoisotopic (exact) mass is 701 g/mol. The lowest BCUT2D eigenvalue weighted by molar-refractivity contribution is -0.151. The lowest BCUT2D eigenvalue weighted by Gasteiger charge is -2.10. The highest BCUT2D eigenvalue weighted by Gasteiger charge is 2.14. The number of likely N-dealkylation sites (N-methyl/N-ethyl adjacent to an activating group) is 1. The number of hydrogen-bond donors (Lipinski definition) is 1. The molecule has 17 heteroatoms. The molecule has 0 unspecified atom stereocenters. The smallest absolute Gasteiger partial charge is 0.372 e. The van der Waals surface area contributed by atoms with Crippen LogP contribution in [0.1, 0.15) is 12.8 Å². The first kappa shape index (κ1) is 46.1. The Morgan fingerprint density at radius 1 is 0.396 bits per heavy atom. The number of carboxylic acid groups (broad SMARTS) is 1. The van der Waals surface area contributed by atoms with Crippen molar-refractivity contribution in [2.75, 3.05) is 173 Å². The number of carboxylic acids is 1. The molecule has 0 amide bonds. The summed E-state index contributed by atoms with van der Waals surface area (Å²) in [4.78, 5) is 34.7. The van der Waals surface area contributed by atoms with Crippen LogP contribution < -0.4 is 0 Å². The Labute approximate surface area is 284 Å². The van der Waals surface area contributed by atoms with Crippen LogP contribution in [-0.4, -0.2) is 200 Å². The van der Waals surface area contributed by atoms with E-state index in [9.17, 15) is 14.4 Å². The van der Waals surface area contributed by atoms with Gasteiger partial charge in [-0.3, -0.25) is 9.59 Å². The molecule has 0 radical (unpaired) electrons. The van der Waals surface area contributed by atoms with Gasteiger partial charge in [0.25, 0.3) is 0 Å². The number of aliphatic carboxylic acids is 1. The number of ether oxygens (including phenoxy) is 12. The van der Waals surface area contributed by atoms with Crippen LogP contribution in [0.2, 0.25) is 0 Å². The predicted molar refractivity (Wildman–Crippen MR) is 170 cm³/mol. The highest BCUT2D eigenvalue weighted by Crippen LogP contribution is 1.95. The van der Waals surface area contributed by atoms with E-state index in [1.807, 2.05) is 14.1 Å². The minimum Gasteiger partial charge on any atom is -0.476 e. The molecule has 284 valence electrons. The molecule has 17 nitrogen and oxygen atoms in total. The Bertz CT molecular complexity index is 731. The normalized spacial score (nSPS) is 11.4. The summed E-state index contributed by atoms with van der Waals surface area (Å²) in [6, 6.07) is 0. The Hall–Kier alpha value is -1.87. The molecule has 0 heterocycles. The Kier molecular flexibility index (Phi) is 36.5. The molecule has 0 bridgehead atoms. The van der Waals surface area contributed by atoms with Gasteiger partial charge in [-0.15, -0.1) is 0 Å². The zero-order chi connectivity index (χ0) is 35.2. The molecular weight excluding hydrogens is 642 g/mol. The van der Waals surface area contributed by atoms with Crippen molar-refractivity contribution < 1.29 is 76.3 Å². The summed E-state index contributed by atoms with van der Waals surface area (Å²) in [5.74, 6) is -3.24. The van der Waals surface area contributed by atoms with E-state index >= 15 is 0 Å². The van der Waals surface area contributed by atoms with Gasteiger partial charge in [0.1, 0.15) is 6.61 Å². The van der Waals surface area contributed by atoms with Crippen molar-refractivity contribution in [3.63, 3.8) is 0 Å². The molecule has 0 saturated carbocycles. The molecule has 0 aromatic rings. The predicted octanol–water partition coefficient (Wildman–Crippen LogP) is -0.292. The van der Waals surface area contributed by atoms with Crippen LogP contribution in [0.3, 0.4) is 0 Å². The molecule has 0 spiro atoms. The van der Waals surface area contributed by atoms with Gasteiger partial charge in [0.15, 0.2) is 0 Å². The van der Waals surface area contributed by atoms with Crippen molar-refractivity contribution in [3.8, 4) is 0 Å². The Morgan fingerprint density at radius 3 is 0.896 bits per heavy atom. The molecule has 0 aromatic carbocycles. The van der Waals surface area contributed by atoms with Gasteiger partial charge in [0.05, 0.1) is 152 Å². The van der Waals surface area contributed by atoms with Crippen LogP contribution in [-0.2, 0) is 71.2 Å². The van der Waals surface area contributed by atoms with Gasteiger partial charge in [-0.25, -0.2) is 4.79 Å². The highest BCUT2D eigenvalue weighted by molar-refractivity contribution is 6.32. The first-order valence-corrected chi connectivity index (χ1v) is 16.3. The minimum atomic E-state index is -1.56. The van der Waals surface area contributed by atoms with Crippen LogP contribution in [0, 0.1) is 0 Å². The van der Waals surface area contributed by atoms with Gasteiger partial charge in [0, 0.05) is 13.0 Å². The fourth-order valence-corrected chi connectivity index (χ4v) is 3.16. The van der Waals surface area contributed by atoms with Gasteiger partial charge in [-0.1, -0.05) is 0 Å². The summed E-state index contributed by atoms with van der Waals surface area (Å²) >= 11 is 0. The highest BCUT2D eigenvalue weighted by atomic mass is 16.6. The third-order valence-electron chi connectivity index (χ3n) is 5.69. The van der Waals surface area contributed by atoms with Crippen LogP contribution in [0.15, 0.2) is 0 Å². The van der Waals surface area contributed by atoms with E-state index in [4.69, 9.17) is 61.9 Å². The van der Waals surface area contributed by atoms with Gasteiger partial charge in [-0.2, -0.15) is 0 Å². The largest absolute Gasteiger partial charge is 0.476 e. The van der Waals surface area contributed by atoms with Crippen molar-refractivity contribution in [2.45, 2.75) is 12.8 Å². The molecular formula is C31H59NO16. The molecule has 0 saturated heterocycles. The molecule has 48 heavy (non-hydrogen) atoms. The SMILES string of the molecule is CN(C)CCOCCOCCOCCOCCOCCOCCOCCOCCOCCOCCOCCOC(=O)CCC(=O)C(=O)O. The van der Waals surface area contributed by atoms with Crippen molar-refractivity contribution >= 4 is 17.7 Å². The van der Waals surface area contributed by atoms with Crippen LogP contribution in [0.25, 0.3) is 0 Å². The summed E-state index contributed by atoms with van der Waals surface area (Å²) in [6.45, 7) is 11.3. The molecule has 0 rings (SSSR count). The average molecular weight is 702 g/mol. The molecule has 1 N–H and O–H groups in total. The Morgan fingerprint density at radius 2 is 0.646 bits per heavy atom. The van der Waals surface area contributed by atoms with Gasteiger partial charge < -0.3 is 66.8 Å². The molecule has 0 aromatic heterocycles. The second-order valence-corrected chi connectivity index (χ2v) is 9.99. The average Bonchev–Trinajstić information content (AvgIpc) is 3.06. The summed E-state index contributed by atoms with van der Waals surface area (Å²) in [6.07, 6.45) is -0.660. The maximum Gasteiger partial charge on any atom is 0.372 e. The van der Waals surface area contributed by atoms with Gasteiger partial charge in [0.2, 0.25) is 5.78 Å². The number of nitrogens with zero attached hydrogens (tertiary/aromatic N) is 1. The number of rotatable bonds is 40. The molecule has 0 fully saturated rings. The van der Waals surface area contributed by atoms with Crippen LogP contribution in [0.4, 0.5) is 0 Å². The fraction of sp³-hybridized carbons (Fsp3) is 0.903. The standard InChI is InChI=1S/C31H59NO16/c1-32(2)5-6-37-7-8-38-9-10-39-11-12-40-13-14-41-15-16-42-17-18-43-19-20-44-21-22-45-23-24-46-25-26-47-27-28-48-30(34)4-3-29(33)31(35)36/h3-28H2,1-2H3,(H,35,36). The lowest BCUT2D eigenvalue weighted by Crippen LogP contribution is -2.19. The zero-order valence-corrected chi connectivity index (χ0v) is 28.9. The lowest BCUT2D eigenvalue weighted by atomic mass is 10.2. The van der Waals surface area contributed by atoms with E-state index in [0.717, 1.165) is 6.54 Å². The maximum absolute atomic E-state index is 11.4. The molecule has 0 aliphatic rings. The number of ketones is 1.